The van der Waals surface area contributed by atoms with E-state index in [9.17, 15) is 22.4 Å². The topological polar surface area (TPSA) is 80.0 Å². The summed E-state index contributed by atoms with van der Waals surface area (Å²) in [6.07, 6.45) is -3.02. The summed E-state index contributed by atoms with van der Waals surface area (Å²) in [4.78, 5) is 16.2. The van der Waals surface area contributed by atoms with Gasteiger partial charge in [0, 0.05) is 17.3 Å². The van der Waals surface area contributed by atoms with Gasteiger partial charge in [-0.05, 0) is 59.0 Å². The standard InChI is InChI=1S/C23H16F4N4O/c24-19-8-5-16(23(25,26)27)12-20(19)31-22(32)30-17-6-3-13(4-7-17)15-2-1-14-9-10-29-21(28)18(14)11-15/h1-12H,(H2,28,29)(H2,30,31,32). The fourth-order valence-corrected chi connectivity index (χ4v) is 3.20. The van der Waals surface area contributed by atoms with Crippen LogP contribution in [-0.4, -0.2) is 11.0 Å². The van der Waals surface area contributed by atoms with Crippen molar-refractivity contribution in [1.82, 2.24) is 4.98 Å². The molecule has 9 heteroatoms. The lowest BCUT2D eigenvalue weighted by Gasteiger charge is -2.12. The molecule has 0 saturated heterocycles. The molecule has 162 valence electrons. The number of urea groups is 1. The van der Waals surface area contributed by atoms with Gasteiger partial charge in [-0.1, -0.05) is 24.3 Å². The molecule has 5 nitrogen and oxygen atoms in total. The van der Waals surface area contributed by atoms with E-state index in [0.29, 0.717) is 29.7 Å². The first-order valence-corrected chi connectivity index (χ1v) is 9.40. The van der Waals surface area contributed by atoms with Gasteiger partial charge in [-0.3, -0.25) is 0 Å². The highest BCUT2D eigenvalue weighted by atomic mass is 19.4. The minimum Gasteiger partial charge on any atom is -0.383 e. The summed E-state index contributed by atoms with van der Waals surface area (Å²) < 4.78 is 52.2. The number of nitrogens with one attached hydrogen (secondary N) is 2. The lowest BCUT2D eigenvalue weighted by atomic mass is 10.0. The van der Waals surface area contributed by atoms with Crippen molar-refractivity contribution < 1.29 is 22.4 Å². The van der Waals surface area contributed by atoms with Crippen LogP contribution in [0.3, 0.4) is 0 Å². The third-order valence-electron chi connectivity index (χ3n) is 4.81. The zero-order chi connectivity index (χ0) is 22.9. The molecule has 0 aliphatic rings. The van der Waals surface area contributed by atoms with Crippen molar-refractivity contribution in [3.05, 3.63) is 84.3 Å². The van der Waals surface area contributed by atoms with Gasteiger partial charge in [-0.25, -0.2) is 14.2 Å². The fourth-order valence-electron chi connectivity index (χ4n) is 3.20. The van der Waals surface area contributed by atoms with E-state index in [2.05, 4.69) is 15.6 Å². The van der Waals surface area contributed by atoms with Crippen LogP contribution in [0.25, 0.3) is 21.9 Å². The van der Waals surface area contributed by atoms with Crippen molar-refractivity contribution in [2.24, 2.45) is 0 Å². The Morgan fingerprint density at radius 1 is 0.875 bits per heavy atom. The number of halogens is 4. The van der Waals surface area contributed by atoms with E-state index in [4.69, 9.17) is 5.73 Å². The van der Waals surface area contributed by atoms with Crippen LogP contribution in [0.1, 0.15) is 5.56 Å². The van der Waals surface area contributed by atoms with Crippen molar-refractivity contribution in [2.75, 3.05) is 16.4 Å². The summed E-state index contributed by atoms with van der Waals surface area (Å²) in [6.45, 7) is 0. The normalized spacial score (nSPS) is 11.4. The Morgan fingerprint density at radius 2 is 1.59 bits per heavy atom. The Morgan fingerprint density at radius 3 is 2.31 bits per heavy atom. The van der Waals surface area contributed by atoms with Crippen LogP contribution in [0.5, 0.6) is 0 Å². The van der Waals surface area contributed by atoms with Crippen LogP contribution in [0, 0.1) is 5.82 Å². The molecule has 2 amide bonds. The minimum atomic E-state index is -4.65. The summed E-state index contributed by atoms with van der Waals surface area (Å²) in [5.74, 6) is -0.560. The molecule has 0 fully saturated rings. The van der Waals surface area contributed by atoms with Crippen LogP contribution in [0.4, 0.5) is 39.5 Å². The summed E-state index contributed by atoms with van der Waals surface area (Å²) in [7, 11) is 0. The number of carbonyl (C=O) groups is 1. The first-order valence-electron chi connectivity index (χ1n) is 9.40. The van der Waals surface area contributed by atoms with Gasteiger partial charge in [0.25, 0.3) is 0 Å². The second kappa shape index (κ2) is 8.18. The number of fused-ring (bicyclic) bond motifs is 1. The van der Waals surface area contributed by atoms with E-state index in [1.165, 1.54) is 0 Å². The quantitative estimate of drug-likeness (QED) is 0.328. The Labute approximate surface area is 179 Å². The predicted molar refractivity (Wildman–Crippen MR) is 116 cm³/mol. The minimum absolute atomic E-state index is 0.376. The molecule has 0 aliphatic carbocycles. The van der Waals surface area contributed by atoms with Gasteiger partial charge in [0.1, 0.15) is 11.6 Å². The number of nitrogens with zero attached hydrogens (tertiary/aromatic N) is 1. The first-order chi connectivity index (χ1) is 15.2. The molecular formula is C23H16F4N4O. The Hall–Kier alpha value is -4.14. The molecule has 1 aromatic heterocycles. The molecule has 3 aromatic carbocycles. The molecule has 4 aromatic rings. The summed E-state index contributed by atoms with van der Waals surface area (Å²) in [5.41, 5.74) is 6.41. The molecule has 0 saturated carbocycles. The lowest BCUT2D eigenvalue weighted by molar-refractivity contribution is -0.137. The van der Waals surface area contributed by atoms with Gasteiger partial charge in [-0.15, -0.1) is 0 Å². The van der Waals surface area contributed by atoms with Crippen molar-refractivity contribution in [2.45, 2.75) is 6.18 Å². The van der Waals surface area contributed by atoms with Crippen LogP contribution in [0.15, 0.2) is 72.9 Å². The van der Waals surface area contributed by atoms with E-state index in [0.717, 1.165) is 21.9 Å². The van der Waals surface area contributed by atoms with E-state index in [-0.39, 0.29) is 0 Å². The molecule has 0 unspecified atom stereocenters. The van der Waals surface area contributed by atoms with Crippen molar-refractivity contribution >= 4 is 34.0 Å². The second-order valence-corrected chi connectivity index (χ2v) is 6.98. The maximum absolute atomic E-state index is 13.8. The van der Waals surface area contributed by atoms with Crippen LogP contribution in [0.2, 0.25) is 0 Å². The fraction of sp³-hybridized carbons (Fsp3) is 0.0435. The third-order valence-corrected chi connectivity index (χ3v) is 4.81. The molecule has 1 heterocycles. The number of hydrogen-bond acceptors (Lipinski definition) is 3. The Balaban J connectivity index is 1.49. The third kappa shape index (κ3) is 4.46. The molecule has 4 N–H and O–H groups in total. The molecule has 0 bridgehead atoms. The van der Waals surface area contributed by atoms with Gasteiger partial charge < -0.3 is 16.4 Å². The summed E-state index contributed by atoms with van der Waals surface area (Å²) in [5, 5.41) is 6.33. The number of rotatable bonds is 3. The second-order valence-electron chi connectivity index (χ2n) is 6.98. The average Bonchev–Trinajstić information content (AvgIpc) is 2.75. The lowest BCUT2D eigenvalue weighted by Crippen LogP contribution is -2.20. The maximum Gasteiger partial charge on any atom is 0.416 e. The van der Waals surface area contributed by atoms with Crippen LogP contribution >= 0.6 is 0 Å². The van der Waals surface area contributed by atoms with Gasteiger partial charge in [-0.2, -0.15) is 13.2 Å². The number of hydrogen-bond donors (Lipinski definition) is 3. The number of benzene rings is 3. The largest absolute Gasteiger partial charge is 0.416 e. The van der Waals surface area contributed by atoms with E-state index >= 15 is 0 Å². The van der Waals surface area contributed by atoms with Crippen LogP contribution in [-0.2, 0) is 6.18 Å². The highest BCUT2D eigenvalue weighted by Crippen LogP contribution is 2.32. The summed E-state index contributed by atoms with van der Waals surface area (Å²) in [6, 6.07) is 15.3. The van der Waals surface area contributed by atoms with Crippen molar-refractivity contribution in [1.29, 1.82) is 0 Å². The average molecular weight is 440 g/mol. The first kappa shape index (κ1) is 21.1. The monoisotopic (exact) mass is 440 g/mol. The SMILES string of the molecule is Nc1nccc2ccc(-c3ccc(NC(=O)Nc4cc(C(F)(F)F)ccc4F)cc3)cc12. The number of aromatic nitrogens is 1. The molecule has 0 spiro atoms. The van der Waals surface area contributed by atoms with Crippen molar-refractivity contribution in [3.63, 3.8) is 0 Å². The highest BCUT2D eigenvalue weighted by Gasteiger charge is 2.31. The molecule has 0 radical (unpaired) electrons. The highest BCUT2D eigenvalue weighted by molar-refractivity contribution is 6.00. The number of nitrogens with two attached hydrogens (primary N) is 1. The molecular weight excluding hydrogens is 424 g/mol. The van der Waals surface area contributed by atoms with Gasteiger partial charge >= 0.3 is 12.2 Å². The summed E-state index contributed by atoms with van der Waals surface area (Å²) >= 11 is 0. The van der Waals surface area contributed by atoms with E-state index in [1.807, 2.05) is 24.3 Å². The maximum atomic E-state index is 13.8. The van der Waals surface area contributed by atoms with Gasteiger partial charge in [0.15, 0.2) is 0 Å². The van der Waals surface area contributed by atoms with E-state index in [1.54, 1.807) is 30.5 Å². The predicted octanol–water partition coefficient (Wildman–Crippen LogP) is 6.29. The number of alkyl halides is 3. The van der Waals surface area contributed by atoms with Crippen molar-refractivity contribution in [3.8, 4) is 11.1 Å². The molecule has 4 rings (SSSR count). The molecule has 32 heavy (non-hydrogen) atoms. The zero-order valence-corrected chi connectivity index (χ0v) is 16.4. The number of amides is 2. The number of carbonyl (C=O) groups excluding carboxylic acids is 1. The van der Waals surface area contributed by atoms with Crippen LogP contribution < -0.4 is 16.4 Å². The van der Waals surface area contributed by atoms with Gasteiger partial charge in [0.2, 0.25) is 0 Å². The number of nitrogen functional groups attached to an aromatic ring is 1. The Kier molecular flexibility index (Phi) is 5.40. The number of anilines is 3. The molecule has 0 atom stereocenters. The molecule has 0 aliphatic heterocycles. The van der Waals surface area contributed by atoms with E-state index < -0.39 is 29.3 Å². The van der Waals surface area contributed by atoms with Gasteiger partial charge in [0.05, 0.1) is 11.3 Å². The Bertz CT molecular complexity index is 1300. The number of pyridine rings is 1. The smallest absolute Gasteiger partial charge is 0.383 e. The zero-order valence-electron chi connectivity index (χ0n) is 16.4.